The number of carbonyl (C=O) groups is 3. The maximum Gasteiger partial charge on any atom is 0.344 e. The quantitative estimate of drug-likeness (QED) is 0.515. The Balaban J connectivity index is 1.48. The van der Waals surface area contributed by atoms with Gasteiger partial charge in [-0.05, 0) is 42.8 Å². The first-order valence-electron chi connectivity index (χ1n) is 8.93. The average molecular weight is 383 g/mol. The summed E-state index contributed by atoms with van der Waals surface area (Å²) in [5.74, 6) is 0.0230. The topological polar surface area (TPSA) is 82.1 Å². The number of esters is 1. The van der Waals surface area contributed by atoms with E-state index >= 15 is 0 Å². The van der Waals surface area contributed by atoms with Gasteiger partial charge in [0, 0.05) is 24.2 Å². The van der Waals surface area contributed by atoms with Crippen LogP contribution < -0.4 is 14.4 Å². The minimum Gasteiger partial charge on any atom is -0.493 e. The van der Waals surface area contributed by atoms with Gasteiger partial charge < -0.3 is 19.1 Å². The second kappa shape index (κ2) is 9.03. The van der Waals surface area contributed by atoms with E-state index in [1.54, 1.807) is 53.4 Å². The number of carbonyl (C=O) groups excluding carboxylic acids is 3. The third-order valence-corrected chi connectivity index (χ3v) is 4.35. The molecule has 0 N–H and O–H groups in total. The van der Waals surface area contributed by atoms with E-state index in [4.69, 9.17) is 14.2 Å². The van der Waals surface area contributed by atoms with Gasteiger partial charge >= 0.3 is 5.97 Å². The summed E-state index contributed by atoms with van der Waals surface area (Å²) in [4.78, 5) is 37.5. The Bertz CT molecular complexity index is 861. The summed E-state index contributed by atoms with van der Waals surface area (Å²) in [5.41, 5.74) is 1.18. The lowest BCUT2D eigenvalue weighted by atomic mass is 10.1. The molecule has 2 aromatic carbocycles. The summed E-state index contributed by atoms with van der Waals surface area (Å²) < 4.78 is 15.5. The average Bonchev–Trinajstić information content (AvgIpc) is 3.16. The molecule has 0 bridgehead atoms. The van der Waals surface area contributed by atoms with Crippen molar-refractivity contribution in [3.05, 3.63) is 54.1 Å². The number of amides is 1. The van der Waals surface area contributed by atoms with Crippen molar-refractivity contribution < 1.29 is 28.6 Å². The molecule has 0 radical (unpaired) electrons. The molecule has 2 aromatic rings. The predicted octanol–water partition coefficient (Wildman–Crippen LogP) is 2.63. The number of Topliss-reactive ketones (excluding diaryl/α,β-unsaturated/α-hetero) is 1. The van der Waals surface area contributed by atoms with Crippen molar-refractivity contribution in [2.45, 2.75) is 12.8 Å². The first-order valence-corrected chi connectivity index (χ1v) is 8.93. The molecular weight excluding hydrogens is 362 g/mol. The van der Waals surface area contributed by atoms with Crippen LogP contribution in [0.1, 0.15) is 23.2 Å². The molecule has 0 saturated carbocycles. The molecule has 1 amide bonds. The van der Waals surface area contributed by atoms with Gasteiger partial charge in [-0.25, -0.2) is 4.79 Å². The van der Waals surface area contributed by atoms with Crippen LogP contribution in [0, 0.1) is 0 Å². The van der Waals surface area contributed by atoms with Gasteiger partial charge in [0.1, 0.15) is 0 Å². The Hall–Kier alpha value is -3.35. The molecule has 1 aliphatic rings. The minimum absolute atomic E-state index is 0.0862. The molecule has 3 rings (SSSR count). The van der Waals surface area contributed by atoms with Crippen molar-refractivity contribution in [3.8, 4) is 11.5 Å². The predicted molar refractivity (Wildman–Crippen MR) is 102 cm³/mol. The Morgan fingerprint density at radius 3 is 2.36 bits per heavy atom. The Kier molecular flexibility index (Phi) is 6.26. The highest BCUT2D eigenvalue weighted by molar-refractivity contribution is 5.99. The summed E-state index contributed by atoms with van der Waals surface area (Å²) in [5, 5.41) is 0. The van der Waals surface area contributed by atoms with Crippen LogP contribution in [-0.2, 0) is 14.3 Å². The first kappa shape index (κ1) is 19.4. The van der Waals surface area contributed by atoms with Crippen LogP contribution in [0.25, 0.3) is 0 Å². The van der Waals surface area contributed by atoms with Crippen LogP contribution in [0.5, 0.6) is 11.5 Å². The van der Waals surface area contributed by atoms with E-state index in [2.05, 4.69) is 0 Å². The van der Waals surface area contributed by atoms with Crippen LogP contribution >= 0.6 is 0 Å². The zero-order valence-electron chi connectivity index (χ0n) is 15.6. The smallest absolute Gasteiger partial charge is 0.344 e. The van der Waals surface area contributed by atoms with Gasteiger partial charge in [0.25, 0.3) is 0 Å². The van der Waals surface area contributed by atoms with Crippen LogP contribution in [0.3, 0.4) is 0 Å². The minimum atomic E-state index is -0.654. The zero-order valence-corrected chi connectivity index (χ0v) is 15.6. The number of ether oxygens (including phenoxy) is 3. The molecule has 7 heteroatoms. The standard InChI is InChI=1S/C21H21NO6/c1-26-18-5-2-3-6-19(18)27-14-21(25)28-13-17(23)15-8-10-16(11-9-15)22-12-4-7-20(22)24/h2-3,5-6,8-11H,4,7,12-14H2,1H3. The van der Waals surface area contributed by atoms with E-state index in [-0.39, 0.29) is 24.9 Å². The molecule has 1 heterocycles. The summed E-state index contributed by atoms with van der Waals surface area (Å²) >= 11 is 0. The maximum atomic E-state index is 12.2. The van der Waals surface area contributed by atoms with Gasteiger partial charge in [0.15, 0.2) is 30.5 Å². The lowest BCUT2D eigenvalue weighted by Crippen LogP contribution is -2.23. The van der Waals surface area contributed by atoms with Gasteiger partial charge in [-0.3, -0.25) is 9.59 Å². The summed E-state index contributed by atoms with van der Waals surface area (Å²) in [6.45, 7) is -0.0181. The van der Waals surface area contributed by atoms with E-state index in [1.807, 2.05) is 0 Å². The first-order chi connectivity index (χ1) is 13.6. The van der Waals surface area contributed by atoms with Crippen molar-refractivity contribution in [2.75, 3.05) is 31.8 Å². The second-order valence-corrected chi connectivity index (χ2v) is 6.22. The highest BCUT2D eigenvalue weighted by atomic mass is 16.6. The number of hydrogen-bond donors (Lipinski definition) is 0. The molecule has 0 atom stereocenters. The van der Waals surface area contributed by atoms with Crippen molar-refractivity contribution in [2.24, 2.45) is 0 Å². The Morgan fingerprint density at radius 1 is 1.00 bits per heavy atom. The summed E-state index contributed by atoms with van der Waals surface area (Å²) in [6.07, 6.45) is 1.39. The van der Waals surface area contributed by atoms with Gasteiger partial charge in [-0.1, -0.05) is 12.1 Å². The number of hydrogen-bond acceptors (Lipinski definition) is 6. The lowest BCUT2D eigenvalue weighted by molar-refractivity contribution is -0.144. The normalized spacial score (nSPS) is 13.3. The molecule has 0 aliphatic carbocycles. The van der Waals surface area contributed by atoms with Gasteiger partial charge in [0.2, 0.25) is 5.91 Å². The molecule has 0 unspecified atom stereocenters. The van der Waals surface area contributed by atoms with Crippen molar-refractivity contribution in [1.29, 1.82) is 0 Å². The molecule has 146 valence electrons. The fourth-order valence-corrected chi connectivity index (χ4v) is 2.89. The number of ketones is 1. The van der Waals surface area contributed by atoms with Crippen molar-refractivity contribution in [3.63, 3.8) is 0 Å². The van der Waals surface area contributed by atoms with E-state index in [9.17, 15) is 14.4 Å². The summed E-state index contributed by atoms with van der Waals surface area (Å²) in [6, 6.07) is 13.6. The number of para-hydroxylation sites is 2. The molecular formula is C21H21NO6. The highest BCUT2D eigenvalue weighted by Crippen LogP contribution is 2.25. The van der Waals surface area contributed by atoms with E-state index in [0.29, 0.717) is 30.0 Å². The van der Waals surface area contributed by atoms with Gasteiger partial charge in [-0.15, -0.1) is 0 Å². The molecule has 1 fully saturated rings. The Morgan fingerprint density at radius 2 is 1.71 bits per heavy atom. The van der Waals surface area contributed by atoms with Crippen LogP contribution in [0.4, 0.5) is 5.69 Å². The summed E-state index contributed by atoms with van der Waals surface area (Å²) in [7, 11) is 1.50. The van der Waals surface area contributed by atoms with Crippen LogP contribution in [-0.4, -0.2) is 44.5 Å². The molecule has 28 heavy (non-hydrogen) atoms. The fourth-order valence-electron chi connectivity index (χ4n) is 2.89. The number of nitrogens with zero attached hydrogens (tertiary/aromatic N) is 1. The lowest BCUT2D eigenvalue weighted by Gasteiger charge is -2.15. The van der Waals surface area contributed by atoms with E-state index in [0.717, 1.165) is 12.1 Å². The van der Waals surface area contributed by atoms with Gasteiger partial charge in [0.05, 0.1) is 7.11 Å². The molecule has 1 saturated heterocycles. The number of benzene rings is 2. The largest absolute Gasteiger partial charge is 0.493 e. The Labute approximate surface area is 162 Å². The van der Waals surface area contributed by atoms with E-state index in [1.165, 1.54) is 7.11 Å². The van der Waals surface area contributed by atoms with Crippen LogP contribution in [0.15, 0.2) is 48.5 Å². The second-order valence-electron chi connectivity index (χ2n) is 6.22. The number of methoxy groups -OCH3 is 1. The monoisotopic (exact) mass is 383 g/mol. The number of rotatable bonds is 8. The SMILES string of the molecule is COc1ccccc1OCC(=O)OCC(=O)c1ccc(N2CCCC2=O)cc1. The van der Waals surface area contributed by atoms with E-state index < -0.39 is 5.97 Å². The van der Waals surface area contributed by atoms with Crippen molar-refractivity contribution in [1.82, 2.24) is 0 Å². The number of anilines is 1. The highest BCUT2D eigenvalue weighted by Gasteiger charge is 2.21. The molecule has 0 aromatic heterocycles. The third-order valence-electron chi connectivity index (χ3n) is 4.35. The molecule has 1 aliphatic heterocycles. The van der Waals surface area contributed by atoms with Crippen LogP contribution in [0.2, 0.25) is 0 Å². The van der Waals surface area contributed by atoms with Crippen molar-refractivity contribution >= 4 is 23.3 Å². The fraction of sp³-hybridized carbons (Fsp3) is 0.286. The molecule has 0 spiro atoms. The third kappa shape index (κ3) is 4.68. The molecule has 7 nitrogen and oxygen atoms in total. The maximum absolute atomic E-state index is 12.2. The zero-order chi connectivity index (χ0) is 19.9. The van der Waals surface area contributed by atoms with Gasteiger partial charge in [-0.2, -0.15) is 0 Å².